The molecule has 0 aliphatic heterocycles. The third-order valence-corrected chi connectivity index (χ3v) is 2.39. The number of carbonyl (C=O) groups excluding carboxylic acids is 1. The van der Waals surface area contributed by atoms with Crippen LogP contribution < -0.4 is 5.73 Å². The van der Waals surface area contributed by atoms with Crippen molar-refractivity contribution in [3.63, 3.8) is 0 Å². The zero-order valence-electron chi connectivity index (χ0n) is 9.63. The summed E-state index contributed by atoms with van der Waals surface area (Å²) >= 11 is 0. The Bertz CT molecular complexity index is 403. The summed E-state index contributed by atoms with van der Waals surface area (Å²) in [4.78, 5) is 23.5. The van der Waals surface area contributed by atoms with Gasteiger partial charge in [0.25, 0.3) is 11.6 Å². The van der Waals surface area contributed by atoms with Crippen LogP contribution in [0.5, 0.6) is 0 Å². The van der Waals surface area contributed by atoms with E-state index in [1.807, 2.05) is 6.92 Å². The lowest BCUT2D eigenvalue weighted by Crippen LogP contribution is -2.35. The van der Waals surface area contributed by atoms with E-state index in [1.54, 1.807) is 4.90 Å². The van der Waals surface area contributed by atoms with Gasteiger partial charge in [-0.05, 0) is 19.1 Å². The third kappa shape index (κ3) is 3.25. The van der Waals surface area contributed by atoms with Gasteiger partial charge < -0.3 is 10.6 Å². The third-order valence-electron chi connectivity index (χ3n) is 2.39. The molecule has 0 aromatic heterocycles. The number of nitro benzene ring substituents is 1. The van der Waals surface area contributed by atoms with Gasteiger partial charge in [-0.1, -0.05) is 0 Å². The van der Waals surface area contributed by atoms with Crippen molar-refractivity contribution in [3.8, 4) is 0 Å². The molecule has 2 N–H and O–H groups in total. The van der Waals surface area contributed by atoms with Crippen LogP contribution >= 0.6 is 0 Å². The number of nitro groups is 1. The van der Waals surface area contributed by atoms with E-state index >= 15 is 0 Å². The molecule has 6 nitrogen and oxygen atoms in total. The highest BCUT2D eigenvalue weighted by atomic mass is 16.6. The Balaban J connectivity index is 2.85. The zero-order valence-corrected chi connectivity index (χ0v) is 9.63. The van der Waals surface area contributed by atoms with Crippen molar-refractivity contribution in [1.29, 1.82) is 0 Å². The minimum absolute atomic E-state index is 0.0246. The lowest BCUT2D eigenvalue weighted by Gasteiger charge is -2.19. The first-order valence-electron chi connectivity index (χ1n) is 5.34. The summed E-state index contributed by atoms with van der Waals surface area (Å²) in [5.74, 6) is -0.159. The van der Waals surface area contributed by atoms with Crippen LogP contribution in [0.2, 0.25) is 0 Å². The molecule has 0 spiro atoms. The second-order valence-corrected chi connectivity index (χ2v) is 3.48. The number of hydrogen-bond donors (Lipinski definition) is 1. The smallest absolute Gasteiger partial charge is 0.269 e. The molecule has 0 atom stereocenters. The number of nitrogens with zero attached hydrogens (tertiary/aromatic N) is 2. The molecule has 0 saturated carbocycles. The van der Waals surface area contributed by atoms with Crippen LogP contribution in [0.4, 0.5) is 5.69 Å². The maximum Gasteiger partial charge on any atom is 0.269 e. The Hall–Kier alpha value is -1.95. The zero-order chi connectivity index (χ0) is 12.8. The Morgan fingerprint density at radius 2 is 2.00 bits per heavy atom. The van der Waals surface area contributed by atoms with E-state index in [2.05, 4.69) is 0 Å². The number of nitrogens with two attached hydrogens (primary N) is 1. The monoisotopic (exact) mass is 237 g/mol. The quantitative estimate of drug-likeness (QED) is 0.611. The van der Waals surface area contributed by atoms with Gasteiger partial charge in [0, 0.05) is 37.3 Å². The molecular formula is C11H15N3O3. The number of amides is 1. The molecule has 0 bridgehead atoms. The molecular weight excluding hydrogens is 222 g/mol. The molecule has 0 saturated heterocycles. The number of likely N-dealkylation sites (N-methyl/N-ethyl adjacent to an activating group) is 1. The molecule has 1 aromatic rings. The normalized spacial score (nSPS) is 10.0. The highest BCUT2D eigenvalue weighted by Gasteiger charge is 2.14. The molecule has 92 valence electrons. The Morgan fingerprint density at radius 3 is 2.41 bits per heavy atom. The van der Waals surface area contributed by atoms with E-state index in [0.29, 0.717) is 25.2 Å². The number of rotatable bonds is 5. The molecule has 1 rings (SSSR count). The number of benzene rings is 1. The molecule has 1 aromatic carbocycles. The van der Waals surface area contributed by atoms with Crippen LogP contribution in [-0.4, -0.2) is 35.4 Å². The molecule has 0 heterocycles. The summed E-state index contributed by atoms with van der Waals surface area (Å²) in [7, 11) is 0. The fraction of sp³-hybridized carbons (Fsp3) is 0.364. The molecule has 1 amide bonds. The van der Waals surface area contributed by atoms with Crippen molar-refractivity contribution in [1.82, 2.24) is 4.90 Å². The van der Waals surface area contributed by atoms with E-state index in [0.717, 1.165) is 0 Å². The first kappa shape index (κ1) is 13.1. The van der Waals surface area contributed by atoms with Crippen molar-refractivity contribution in [2.45, 2.75) is 6.92 Å². The van der Waals surface area contributed by atoms with Gasteiger partial charge in [-0.3, -0.25) is 14.9 Å². The van der Waals surface area contributed by atoms with Crippen molar-refractivity contribution in [2.24, 2.45) is 5.73 Å². The Labute approximate surface area is 99.2 Å². The van der Waals surface area contributed by atoms with Gasteiger partial charge in [0.05, 0.1) is 4.92 Å². The highest BCUT2D eigenvalue weighted by molar-refractivity contribution is 5.94. The fourth-order valence-electron chi connectivity index (χ4n) is 1.47. The number of carbonyl (C=O) groups is 1. The van der Waals surface area contributed by atoms with Crippen molar-refractivity contribution >= 4 is 11.6 Å². The fourth-order valence-corrected chi connectivity index (χ4v) is 1.47. The van der Waals surface area contributed by atoms with Crippen molar-refractivity contribution < 1.29 is 9.72 Å². The predicted molar refractivity (Wildman–Crippen MR) is 63.7 cm³/mol. The van der Waals surface area contributed by atoms with Crippen molar-refractivity contribution in [2.75, 3.05) is 19.6 Å². The van der Waals surface area contributed by atoms with Crippen molar-refractivity contribution in [3.05, 3.63) is 39.9 Å². The van der Waals surface area contributed by atoms with Gasteiger partial charge in [0.2, 0.25) is 0 Å². The Morgan fingerprint density at radius 1 is 1.41 bits per heavy atom. The molecule has 0 radical (unpaired) electrons. The van der Waals surface area contributed by atoms with Crippen LogP contribution in [0.3, 0.4) is 0 Å². The highest BCUT2D eigenvalue weighted by Crippen LogP contribution is 2.13. The van der Waals surface area contributed by atoms with Gasteiger partial charge in [-0.2, -0.15) is 0 Å². The van der Waals surface area contributed by atoms with Crippen LogP contribution in [0.25, 0.3) is 0 Å². The van der Waals surface area contributed by atoms with E-state index in [-0.39, 0.29) is 11.6 Å². The van der Waals surface area contributed by atoms with E-state index < -0.39 is 4.92 Å². The molecule has 0 aliphatic rings. The van der Waals surface area contributed by atoms with Crippen LogP contribution in [0, 0.1) is 10.1 Å². The lowest BCUT2D eigenvalue weighted by atomic mass is 10.2. The molecule has 6 heteroatoms. The summed E-state index contributed by atoms with van der Waals surface area (Å²) < 4.78 is 0. The molecule has 0 unspecified atom stereocenters. The van der Waals surface area contributed by atoms with E-state index in [4.69, 9.17) is 5.73 Å². The van der Waals surface area contributed by atoms with E-state index in [9.17, 15) is 14.9 Å². The summed E-state index contributed by atoms with van der Waals surface area (Å²) in [6.45, 7) is 3.30. The number of non-ortho nitro benzene ring substituents is 1. The SMILES string of the molecule is CCN(CCN)C(=O)c1ccc([N+](=O)[O-])cc1. The van der Waals surface area contributed by atoms with Crippen LogP contribution in [0.15, 0.2) is 24.3 Å². The van der Waals surface area contributed by atoms with Crippen LogP contribution in [-0.2, 0) is 0 Å². The standard InChI is InChI=1S/C11H15N3O3/c1-2-13(8-7-12)11(15)9-3-5-10(6-4-9)14(16)17/h3-6H,2,7-8,12H2,1H3. The number of hydrogen-bond acceptors (Lipinski definition) is 4. The summed E-state index contributed by atoms with van der Waals surface area (Å²) in [5.41, 5.74) is 5.81. The van der Waals surface area contributed by atoms with Gasteiger partial charge in [-0.15, -0.1) is 0 Å². The summed E-state index contributed by atoms with van der Waals surface area (Å²) in [6, 6.07) is 5.56. The van der Waals surface area contributed by atoms with Gasteiger partial charge >= 0.3 is 0 Å². The van der Waals surface area contributed by atoms with Crippen LogP contribution in [0.1, 0.15) is 17.3 Å². The van der Waals surface area contributed by atoms with Gasteiger partial charge in [-0.25, -0.2) is 0 Å². The molecule has 0 fully saturated rings. The van der Waals surface area contributed by atoms with E-state index in [1.165, 1.54) is 24.3 Å². The predicted octanol–water partition coefficient (Wildman–Crippen LogP) is 1.02. The Kier molecular flexibility index (Phi) is 4.59. The summed E-state index contributed by atoms with van der Waals surface area (Å²) in [5, 5.41) is 10.5. The molecule has 17 heavy (non-hydrogen) atoms. The minimum Gasteiger partial charge on any atom is -0.338 e. The first-order chi connectivity index (χ1) is 8.10. The topological polar surface area (TPSA) is 89.5 Å². The van der Waals surface area contributed by atoms with Gasteiger partial charge in [0.1, 0.15) is 0 Å². The first-order valence-corrected chi connectivity index (χ1v) is 5.34. The largest absolute Gasteiger partial charge is 0.338 e. The average molecular weight is 237 g/mol. The minimum atomic E-state index is -0.494. The second-order valence-electron chi connectivity index (χ2n) is 3.48. The maximum absolute atomic E-state index is 11.9. The van der Waals surface area contributed by atoms with Gasteiger partial charge in [0.15, 0.2) is 0 Å². The average Bonchev–Trinajstić information content (AvgIpc) is 2.35. The second kappa shape index (κ2) is 5.95. The lowest BCUT2D eigenvalue weighted by molar-refractivity contribution is -0.384. The molecule has 0 aliphatic carbocycles. The summed E-state index contributed by atoms with van der Waals surface area (Å²) in [6.07, 6.45) is 0. The maximum atomic E-state index is 11.9.